The van der Waals surface area contributed by atoms with Crippen molar-refractivity contribution in [2.45, 2.75) is 13.5 Å². The summed E-state index contributed by atoms with van der Waals surface area (Å²) in [5.41, 5.74) is -1.01. The zero-order chi connectivity index (χ0) is 14.0. The van der Waals surface area contributed by atoms with Gasteiger partial charge >= 0.3 is 0 Å². The third-order valence-corrected chi connectivity index (χ3v) is 3.24. The predicted molar refractivity (Wildman–Crippen MR) is 67.2 cm³/mol. The van der Waals surface area contributed by atoms with Gasteiger partial charge < -0.3 is 5.32 Å². The van der Waals surface area contributed by atoms with E-state index >= 15 is 0 Å². The molecule has 1 heterocycles. The van der Waals surface area contributed by atoms with Crippen molar-refractivity contribution < 1.29 is 13.7 Å². The average molecular weight is 285 g/mol. The van der Waals surface area contributed by atoms with Gasteiger partial charge in [-0.15, -0.1) is 11.3 Å². The highest BCUT2D eigenvalue weighted by Gasteiger charge is 2.17. The topological polar surface area (TPSA) is 68.1 Å². The van der Waals surface area contributed by atoms with Gasteiger partial charge in [0, 0.05) is 11.1 Å². The first-order chi connectivity index (χ1) is 8.97. The van der Waals surface area contributed by atoms with Crippen LogP contribution < -0.4 is 5.32 Å². The molecule has 0 saturated carbocycles. The first kappa shape index (κ1) is 13.3. The maximum Gasteiger partial charge on any atom is 0.275 e. The first-order valence-electron chi connectivity index (χ1n) is 5.26. The molecule has 2 rings (SSSR count). The molecule has 8 heteroatoms. The number of thiazole rings is 1. The number of nitro benzene ring substituents is 1. The molecule has 1 aromatic carbocycles. The Hall–Kier alpha value is -2.09. The van der Waals surface area contributed by atoms with Gasteiger partial charge in [0.15, 0.2) is 11.6 Å². The zero-order valence-corrected chi connectivity index (χ0v) is 10.6. The second kappa shape index (κ2) is 5.27. The molecule has 0 radical (unpaired) electrons. The summed E-state index contributed by atoms with van der Waals surface area (Å²) in [6, 6.07) is 1.36. The summed E-state index contributed by atoms with van der Waals surface area (Å²) in [6.45, 7) is 2.03. The van der Waals surface area contributed by atoms with Crippen molar-refractivity contribution in [2.75, 3.05) is 5.32 Å². The molecule has 0 saturated heterocycles. The van der Waals surface area contributed by atoms with E-state index in [1.54, 1.807) is 6.20 Å². The molecule has 0 aliphatic carbocycles. The van der Waals surface area contributed by atoms with Crippen molar-refractivity contribution in [3.63, 3.8) is 0 Å². The molecular weight excluding hydrogens is 276 g/mol. The lowest BCUT2D eigenvalue weighted by Crippen LogP contribution is -2.04. The van der Waals surface area contributed by atoms with E-state index in [0.29, 0.717) is 17.1 Å². The van der Waals surface area contributed by atoms with Crippen molar-refractivity contribution in [3.05, 3.63) is 50.0 Å². The first-order valence-corrected chi connectivity index (χ1v) is 6.07. The molecular formula is C11H9F2N3O2S. The van der Waals surface area contributed by atoms with Crippen LogP contribution in [0.15, 0.2) is 18.3 Å². The fourth-order valence-corrected chi connectivity index (χ4v) is 2.21. The molecule has 0 aliphatic rings. The number of benzene rings is 1. The van der Waals surface area contributed by atoms with Crippen LogP contribution in [-0.2, 0) is 6.54 Å². The van der Waals surface area contributed by atoms with Gasteiger partial charge in [-0.3, -0.25) is 10.1 Å². The number of nitro groups is 1. The number of aryl methyl sites for hydroxylation is 1. The number of non-ortho nitro benzene ring substituents is 1. The van der Waals surface area contributed by atoms with Gasteiger partial charge in [-0.25, -0.2) is 13.8 Å². The lowest BCUT2D eigenvalue weighted by Gasteiger charge is -2.06. The molecule has 0 bridgehead atoms. The lowest BCUT2D eigenvalue weighted by molar-refractivity contribution is -0.385. The van der Waals surface area contributed by atoms with Gasteiger partial charge in [0.2, 0.25) is 0 Å². The summed E-state index contributed by atoms with van der Waals surface area (Å²) < 4.78 is 27.1. The van der Waals surface area contributed by atoms with Crippen LogP contribution in [0, 0.1) is 28.7 Å². The third-order valence-electron chi connectivity index (χ3n) is 2.32. The van der Waals surface area contributed by atoms with Crippen LogP contribution in [0.1, 0.15) is 9.88 Å². The van der Waals surface area contributed by atoms with E-state index in [2.05, 4.69) is 10.3 Å². The zero-order valence-electron chi connectivity index (χ0n) is 9.81. The van der Waals surface area contributed by atoms with Gasteiger partial charge in [-0.05, 0) is 6.92 Å². The Balaban J connectivity index is 2.18. The lowest BCUT2D eigenvalue weighted by atomic mass is 10.2. The van der Waals surface area contributed by atoms with Gasteiger partial charge in [0.1, 0.15) is 10.7 Å². The molecule has 19 heavy (non-hydrogen) atoms. The summed E-state index contributed by atoms with van der Waals surface area (Å²) in [4.78, 5) is 14.6. The molecule has 2 aromatic rings. The van der Waals surface area contributed by atoms with E-state index in [1.165, 1.54) is 11.3 Å². The number of anilines is 1. The predicted octanol–water partition coefficient (Wildman–Crippen LogP) is 3.25. The fraction of sp³-hybridized carbons (Fsp3) is 0.182. The van der Waals surface area contributed by atoms with Crippen LogP contribution in [0.3, 0.4) is 0 Å². The highest BCUT2D eigenvalue weighted by atomic mass is 32.1. The summed E-state index contributed by atoms with van der Waals surface area (Å²) >= 11 is 1.40. The smallest absolute Gasteiger partial charge is 0.275 e. The van der Waals surface area contributed by atoms with Gasteiger partial charge in [-0.2, -0.15) is 0 Å². The summed E-state index contributed by atoms with van der Waals surface area (Å²) in [6.07, 6.45) is 1.66. The summed E-state index contributed by atoms with van der Waals surface area (Å²) in [5.74, 6) is -2.00. The highest BCUT2D eigenvalue weighted by molar-refractivity contribution is 7.11. The fourth-order valence-electron chi connectivity index (χ4n) is 1.48. The van der Waals surface area contributed by atoms with E-state index in [4.69, 9.17) is 0 Å². The minimum Gasteiger partial charge on any atom is -0.374 e. The quantitative estimate of drug-likeness (QED) is 0.691. The Labute approximate surface area is 111 Å². The highest BCUT2D eigenvalue weighted by Crippen LogP contribution is 2.25. The Kier molecular flexibility index (Phi) is 3.70. The van der Waals surface area contributed by atoms with E-state index in [9.17, 15) is 18.9 Å². The number of nitrogens with one attached hydrogen (secondary N) is 1. The minimum absolute atomic E-state index is 0.157. The number of aromatic nitrogens is 1. The largest absolute Gasteiger partial charge is 0.374 e. The molecule has 100 valence electrons. The normalized spacial score (nSPS) is 10.5. The van der Waals surface area contributed by atoms with Crippen molar-refractivity contribution in [3.8, 4) is 0 Å². The Morgan fingerprint density at radius 1 is 1.42 bits per heavy atom. The van der Waals surface area contributed by atoms with Crippen LogP contribution in [0.2, 0.25) is 0 Å². The monoisotopic (exact) mass is 285 g/mol. The van der Waals surface area contributed by atoms with Crippen molar-refractivity contribution in [1.29, 1.82) is 0 Å². The second-order valence-electron chi connectivity index (χ2n) is 3.76. The second-order valence-corrected chi connectivity index (χ2v) is 5.08. The Bertz CT molecular complexity index is 607. The van der Waals surface area contributed by atoms with E-state index in [0.717, 1.165) is 4.88 Å². The van der Waals surface area contributed by atoms with Gasteiger partial charge in [0.05, 0.1) is 23.6 Å². The number of hydrogen-bond donors (Lipinski definition) is 1. The minimum atomic E-state index is -1.00. The van der Waals surface area contributed by atoms with E-state index < -0.39 is 27.9 Å². The number of hydrogen-bond acceptors (Lipinski definition) is 5. The number of nitrogens with zero attached hydrogens (tertiary/aromatic N) is 2. The van der Waals surface area contributed by atoms with Crippen LogP contribution >= 0.6 is 11.3 Å². The molecule has 0 aliphatic heterocycles. The van der Waals surface area contributed by atoms with Crippen LogP contribution in [0.4, 0.5) is 20.2 Å². The number of halogens is 2. The maximum absolute atomic E-state index is 13.6. The average Bonchev–Trinajstić information content (AvgIpc) is 2.73. The summed E-state index contributed by atoms with van der Waals surface area (Å²) in [5, 5.41) is 13.7. The Morgan fingerprint density at radius 3 is 2.53 bits per heavy atom. The molecule has 0 amide bonds. The molecule has 1 N–H and O–H groups in total. The van der Waals surface area contributed by atoms with E-state index in [-0.39, 0.29) is 6.54 Å². The van der Waals surface area contributed by atoms with Crippen LogP contribution in [0.25, 0.3) is 0 Å². The van der Waals surface area contributed by atoms with Crippen LogP contribution in [-0.4, -0.2) is 9.91 Å². The number of rotatable bonds is 4. The van der Waals surface area contributed by atoms with Crippen molar-refractivity contribution in [1.82, 2.24) is 4.98 Å². The van der Waals surface area contributed by atoms with Crippen molar-refractivity contribution >= 4 is 22.7 Å². The van der Waals surface area contributed by atoms with Crippen molar-refractivity contribution in [2.24, 2.45) is 0 Å². The molecule has 0 atom stereocenters. The SMILES string of the molecule is Cc1cnc(CNc2c(F)cc([N+](=O)[O-])cc2F)s1. The van der Waals surface area contributed by atoms with E-state index in [1.807, 2.05) is 6.92 Å². The van der Waals surface area contributed by atoms with Gasteiger partial charge in [-0.1, -0.05) is 0 Å². The molecule has 0 fully saturated rings. The maximum atomic E-state index is 13.6. The molecule has 1 aromatic heterocycles. The standard InChI is InChI=1S/C11H9F2N3O2S/c1-6-4-14-10(19-6)5-15-11-8(12)2-7(16(17)18)3-9(11)13/h2-4,15H,5H2,1H3. The Morgan fingerprint density at radius 2 is 2.05 bits per heavy atom. The molecule has 0 unspecified atom stereocenters. The third kappa shape index (κ3) is 3.02. The van der Waals surface area contributed by atoms with Crippen LogP contribution in [0.5, 0.6) is 0 Å². The summed E-state index contributed by atoms with van der Waals surface area (Å²) in [7, 11) is 0. The molecule has 5 nitrogen and oxygen atoms in total. The van der Waals surface area contributed by atoms with Gasteiger partial charge in [0.25, 0.3) is 5.69 Å². The molecule has 0 spiro atoms.